The highest BCUT2D eigenvalue weighted by molar-refractivity contribution is 5.99. The van der Waals surface area contributed by atoms with E-state index in [-0.39, 0.29) is 18.0 Å². The Morgan fingerprint density at radius 1 is 1.12 bits per heavy atom. The molecule has 7 heteroatoms. The molecule has 32 heavy (non-hydrogen) atoms. The van der Waals surface area contributed by atoms with Crippen molar-refractivity contribution < 1.29 is 14.3 Å². The van der Waals surface area contributed by atoms with Crippen molar-refractivity contribution in [3.05, 3.63) is 29.3 Å². The van der Waals surface area contributed by atoms with Crippen LogP contribution in [0.4, 0.5) is 10.5 Å². The molecule has 2 N–H and O–H groups in total. The maximum Gasteiger partial charge on any atom is 0.407 e. The number of carbonyl (C=O) groups excluding carboxylic acids is 2. The van der Waals surface area contributed by atoms with E-state index in [0.29, 0.717) is 12.6 Å². The number of benzene rings is 1. The molecular weight excluding hydrogens is 404 g/mol. The van der Waals surface area contributed by atoms with Gasteiger partial charge in [0.15, 0.2) is 0 Å². The van der Waals surface area contributed by atoms with Crippen LogP contribution in [-0.2, 0) is 9.53 Å². The summed E-state index contributed by atoms with van der Waals surface area (Å²) in [6.45, 7) is 7.95. The first-order valence-electron chi connectivity index (χ1n) is 12.0. The minimum absolute atomic E-state index is 0.0735. The van der Waals surface area contributed by atoms with Crippen LogP contribution in [0.15, 0.2) is 18.2 Å². The van der Waals surface area contributed by atoms with Crippen LogP contribution in [0.5, 0.6) is 0 Å². The summed E-state index contributed by atoms with van der Waals surface area (Å²) in [4.78, 5) is 30.2. The number of carbonyl (C=O) groups is 2. The second-order valence-electron chi connectivity index (χ2n) is 9.51. The topological polar surface area (TPSA) is 73.9 Å². The van der Waals surface area contributed by atoms with Crippen molar-refractivity contribution >= 4 is 17.7 Å². The molecule has 0 radical (unpaired) electrons. The Hall–Kier alpha value is -2.12. The summed E-state index contributed by atoms with van der Waals surface area (Å²) in [6.07, 6.45) is 5.55. The van der Waals surface area contributed by atoms with Crippen molar-refractivity contribution in [3.8, 4) is 0 Å². The molecule has 1 aromatic rings. The van der Waals surface area contributed by atoms with Crippen molar-refractivity contribution in [2.75, 3.05) is 39.1 Å². The lowest BCUT2D eigenvalue weighted by Gasteiger charge is -2.49. The van der Waals surface area contributed by atoms with Crippen molar-refractivity contribution in [1.82, 2.24) is 15.1 Å². The molecule has 0 spiro atoms. The van der Waals surface area contributed by atoms with E-state index in [4.69, 9.17) is 4.74 Å². The molecule has 2 atom stereocenters. The number of para-hydroxylation sites is 1. The molecule has 1 saturated carbocycles. The molecule has 2 fully saturated rings. The number of hydrogen-bond acceptors (Lipinski definition) is 5. The minimum Gasteiger partial charge on any atom is -0.450 e. The van der Waals surface area contributed by atoms with Gasteiger partial charge in [0.2, 0.25) is 5.91 Å². The molecule has 0 aromatic heterocycles. The molecule has 1 aliphatic carbocycles. The number of anilines is 1. The van der Waals surface area contributed by atoms with Crippen LogP contribution in [0.1, 0.15) is 56.6 Å². The Labute approximate surface area is 192 Å². The van der Waals surface area contributed by atoms with E-state index in [1.165, 1.54) is 6.42 Å². The Balaban J connectivity index is 1.69. The molecule has 178 valence electrons. The number of likely N-dealkylation sites (tertiary alicyclic amines) is 1. The summed E-state index contributed by atoms with van der Waals surface area (Å²) in [5.41, 5.74) is 2.55. The third-order valence-electron chi connectivity index (χ3n) is 7.40. The van der Waals surface area contributed by atoms with Crippen molar-refractivity contribution in [2.45, 2.75) is 76.9 Å². The van der Waals surface area contributed by atoms with Crippen LogP contribution in [0, 0.1) is 13.8 Å². The number of rotatable bonds is 6. The Kier molecular flexibility index (Phi) is 8.17. The van der Waals surface area contributed by atoms with Crippen molar-refractivity contribution in [2.24, 2.45) is 0 Å². The molecule has 0 bridgehead atoms. The SMILES string of the molecule is CCOC(=O)N[C@@H]1CCCC[C@H]1N1CCC(C(=O)Nc2c(C)cccc2C)(N(C)C)CC1. The van der Waals surface area contributed by atoms with Gasteiger partial charge in [0.1, 0.15) is 5.54 Å². The number of alkyl carbamates (subject to hydrolysis) is 1. The average molecular weight is 445 g/mol. The van der Waals surface area contributed by atoms with E-state index in [2.05, 4.69) is 20.4 Å². The van der Waals surface area contributed by atoms with Crippen LogP contribution in [0.3, 0.4) is 0 Å². The first-order chi connectivity index (χ1) is 15.3. The van der Waals surface area contributed by atoms with Gasteiger partial charge in [-0.15, -0.1) is 0 Å². The summed E-state index contributed by atoms with van der Waals surface area (Å²) in [5, 5.41) is 6.33. The van der Waals surface area contributed by atoms with Crippen LogP contribution in [0.2, 0.25) is 0 Å². The van der Waals surface area contributed by atoms with Crippen LogP contribution >= 0.6 is 0 Å². The number of hydrogen-bond donors (Lipinski definition) is 2. The number of aryl methyl sites for hydroxylation is 2. The minimum atomic E-state index is -0.538. The first kappa shape index (κ1) is 24.5. The van der Waals surface area contributed by atoms with Gasteiger partial charge >= 0.3 is 6.09 Å². The highest BCUT2D eigenvalue weighted by atomic mass is 16.5. The lowest BCUT2D eigenvalue weighted by molar-refractivity contribution is -0.130. The summed E-state index contributed by atoms with van der Waals surface area (Å²) >= 11 is 0. The third kappa shape index (κ3) is 5.26. The van der Waals surface area contributed by atoms with Gasteiger partial charge in [0.05, 0.1) is 6.61 Å². The van der Waals surface area contributed by atoms with E-state index < -0.39 is 5.54 Å². The Morgan fingerprint density at radius 2 is 1.75 bits per heavy atom. The quantitative estimate of drug-likeness (QED) is 0.700. The molecular formula is C25H40N4O3. The van der Waals surface area contributed by atoms with E-state index in [1.807, 2.05) is 53.1 Å². The van der Waals surface area contributed by atoms with E-state index in [0.717, 1.165) is 62.0 Å². The second kappa shape index (κ2) is 10.7. The fourth-order valence-electron chi connectivity index (χ4n) is 5.39. The highest BCUT2D eigenvalue weighted by Crippen LogP contribution is 2.33. The third-order valence-corrected chi connectivity index (χ3v) is 7.40. The molecule has 1 saturated heterocycles. The van der Waals surface area contributed by atoms with Crippen LogP contribution < -0.4 is 10.6 Å². The van der Waals surface area contributed by atoms with Crippen LogP contribution in [-0.4, -0.2) is 73.2 Å². The van der Waals surface area contributed by atoms with Gasteiger partial charge in [-0.25, -0.2) is 4.79 Å². The van der Waals surface area contributed by atoms with Crippen molar-refractivity contribution in [1.29, 1.82) is 0 Å². The van der Waals surface area contributed by atoms with Crippen molar-refractivity contribution in [3.63, 3.8) is 0 Å². The summed E-state index contributed by atoms with van der Waals surface area (Å²) in [6, 6.07) is 6.50. The predicted octanol–water partition coefficient (Wildman–Crippen LogP) is 3.70. The van der Waals surface area contributed by atoms with Crippen LogP contribution in [0.25, 0.3) is 0 Å². The zero-order chi connectivity index (χ0) is 23.3. The number of ether oxygens (including phenoxy) is 1. The zero-order valence-corrected chi connectivity index (χ0v) is 20.4. The summed E-state index contributed by atoms with van der Waals surface area (Å²) in [5.74, 6) is 0.0735. The Bertz CT molecular complexity index is 782. The predicted molar refractivity (Wildman–Crippen MR) is 128 cm³/mol. The maximum atomic E-state index is 13.6. The van der Waals surface area contributed by atoms with Gasteiger partial charge in [-0.3, -0.25) is 14.6 Å². The second-order valence-corrected chi connectivity index (χ2v) is 9.51. The van der Waals surface area contributed by atoms with Gasteiger partial charge in [-0.1, -0.05) is 31.0 Å². The normalized spacial score (nSPS) is 23.6. The average Bonchev–Trinajstić information content (AvgIpc) is 2.77. The number of likely N-dealkylation sites (N-methyl/N-ethyl adjacent to an activating group) is 1. The van der Waals surface area contributed by atoms with E-state index >= 15 is 0 Å². The largest absolute Gasteiger partial charge is 0.450 e. The molecule has 2 aliphatic rings. The number of nitrogens with one attached hydrogen (secondary N) is 2. The zero-order valence-electron chi connectivity index (χ0n) is 20.4. The molecule has 2 amide bonds. The molecule has 1 aromatic carbocycles. The van der Waals surface area contributed by atoms with Gasteiger partial charge in [-0.2, -0.15) is 0 Å². The molecule has 7 nitrogen and oxygen atoms in total. The molecule has 1 heterocycles. The lowest BCUT2D eigenvalue weighted by atomic mass is 9.82. The van der Waals surface area contributed by atoms with Gasteiger partial charge < -0.3 is 15.4 Å². The van der Waals surface area contributed by atoms with E-state index in [1.54, 1.807) is 0 Å². The van der Waals surface area contributed by atoms with Gasteiger partial charge in [-0.05, 0) is 71.7 Å². The Morgan fingerprint density at radius 3 is 2.34 bits per heavy atom. The number of amides is 2. The first-order valence-corrected chi connectivity index (χ1v) is 12.0. The number of nitrogens with zero attached hydrogens (tertiary/aromatic N) is 2. The molecule has 3 rings (SSSR count). The lowest BCUT2D eigenvalue weighted by Crippen LogP contribution is -2.63. The summed E-state index contributed by atoms with van der Waals surface area (Å²) < 4.78 is 5.12. The van der Waals surface area contributed by atoms with E-state index in [9.17, 15) is 9.59 Å². The highest BCUT2D eigenvalue weighted by Gasteiger charge is 2.45. The fraction of sp³-hybridized carbons (Fsp3) is 0.680. The monoisotopic (exact) mass is 444 g/mol. The number of piperidine rings is 1. The fourth-order valence-corrected chi connectivity index (χ4v) is 5.39. The molecule has 1 aliphatic heterocycles. The van der Waals surface area contributed by atoms with Gasteiger partial charge in [0.25, 0.3) is 0 Å². The maximum absolute atomic E-state index is 13.6. The van der Waals surface area contributed by atoms with Gasteiger partial charge in [0, 0.05) is 30.9 Å². The standard InChI is InChI=1S/C25H40N4O3/c1-6-32-24(31)26-20-12-7-8-13-21(20)29-16-14-25(15-17-29,28(4)5)23(30)27-22-18(2)10-9-11-19(22)3/h9-11,20-21H,6-8,12-17H2,1-5H3,(H,26,31)(H,27,30)/t20-,21-/m1/s1. The molecule has 0 unspecified atom stereocenters. The summed E-state index contributed by atoms with van der Waals surface area (Å²) in [7, 11) is 4.01. The smallest absolute Gasteiger partial charge is 0.407 e.